The number of piperidine rings is 1. The van der Waals surface area contributed by atoms with Gasteiger partial charge in [0.15, 0.2) is 11.5 Å². The highest BCUT2D eigenvalue weighted by molar-refractivity contribution is 5.93. The van der Waals surface area contributed by atoms with E-state index >= 15 is 0 Å². The maximum absolute atomic E-state index is 13.0. The Morgan fingerprint density at radius 3 is 3.00 bits per heavy atom. The summed E-state index contributed by atoms with van der Waals surface area (Å²) in [6.45, 7) is 4.42. The minimum atomic E-state index is -0.0317. The maximum Gasteiger partial charge on any atom is 0.274 e. The Morgan fingerprint density at radius 1 is 1.32 bits per heavy atom. The zero-order chi connectivity index (χ0) is 19.1. The van der Waals surface area contributed by atoms with Gasteiger partial charge in [-0.25, -0.2) is 4.98 Å². The number of hydrogen-bond acceptors (Lipinski definition) is 4. The zero-order valence-corrected chi connectivity index (χ0v) is 16.1. The van der Waals surface area contributed by atoms with E-state index < -0.39 is 0 Å². The van der Waals surface area contributed by atoms with Crippen LogP contribution >= 0.6 is 0 Å². The Hall–Kier alpha value is -2.83. The Balaban J connectivity index is 1.30. The van der Waals surface area contributed by atoms with Crippen LogP contribution in [0.4, 0.5) is 0 Å². The highest BCUT2D eigenvalue weighted by Crippen LogP contribution is 2.33. The number of rotatable bonds is 5. The molecule has 146 valence electrons. The molecule has 7 nitrogen and oxygen atoms in total. The van der Waals surface area contributed by atoms with E-state index in [-0.39, 0.29) is 11.8 Å². The van der Waals surface area contributed by atoms with E-state index in [0.717, 1.165) is 49.1 Å². The normalized spacial score (nSPS) is 19.9. The van der Waals surface area contributed by atoms with Crippen LogP contribution < -0.4 is 0 Å². The van der Waals surface area contributed by atoms with Gasteiger partial charge in [-0.1, -0.05) is 0 Å². The van der Waals surface area contributed by atoms with Crippen LogP contribution in [0.25, 0.3) is 11.5 Å². The zero-order valence-electron chi connectivity index (χ0n) is 16.1. The molecule has 1 atom stereocenters. The average Bonchev–Trinajstić information content (AvgIpc) is 3.10. The van der Waals surface area contributed by atoms with Gasteiger partial charge in [0.25, 0.3) is 5.91 Å². The number of aryl methyl sites for hydroxylation is 1. The van der Waals surface area contributed by atoms with E-state index in [1.165, 1.54) is 12.8 Å². The van der Waals surface area contributed by atoms with E-state index in [2.05, 4.69) is 25.9 Å². The molecule has 1 saturated heterocycles. The fraction of sp³-hybridized carbons (Fsp3) is 0.476. The van der Waals surface area contributed by atoms with Crippen molar-refractivity contribution in [1.29, 1.82) is 0 Å². The number of carbonyl (C=O) groups excluding carboxylic acids is 1. The van der Waals surface area contributed by atoms with Crippen LogP contribution in [0.5, 0.6) is 0 Å². The third kappa shape index (κ3) is 3.37. The molecular weight excluding hydrogens is 354 g/mol. The molecular formula is C21H25N5O2. The van der Waals surface area contributed by atoms with Crippen LogP contribution in [-0.4, -0.2) is 43.6 Å². The second kappa shape index (κ2) is 6.96. The SMILES string of the molecule is Cc1ccc(-c2cc(C(=O)N3CCCC(c4nccn4CC4CC4)C3)n[nH]2)o1. The van der Waals surface area contributed by atoms with Crippen molar-refractivity contribution >= 4 is 5.91 Å². The number of hydrogen-bond donors (Lipinski definition) is 1. The summed E-state index contributed by atoms with van der Waals surface area (Å²) in [5.74, 6) is 3.72. The minimum Gasteiger partial charge on any atom is -0.460 e. The van der Waals surface area contributed by atoms with Crippen molar-refractivity contribution in [3.8, 4) is 11.5 Å². The molecule has 5 rings (SSSR count). The summed E-state index contributed by atoms with van der Waals surface area (Å²) in [6.07, 6.45) is 8.68. The average molecular weight is 379 g/mol. The number of carbonyl (C=O) groups is 1. The van der Waals surface area contributed by atoms with Crippen molar-refractivity contribution in [2.45, 2.75) is 45.1 Å². The number of likely N-dealkylation sites (tertiary alicyclic amines) is 1. The molecule has 1 amide bonds. The third-order valence-electron chi connectivity index (χ3n) is 5.78. The fourth-order valence-corrected chi connectivity index (χ4v) is 4.08. The van der Waals surface area contributed by atoms with Crippen molar-refractivity contribution in [3.05, 3.63) is 47.9 Å². The van der Waals surface area contributed by atoms with E-state index in [1.807, 2.05) is 30.2 Å². The lowest BCUT2D eigenvalue weighted by molar-refractivity contribution is 0.0697. The molecule has 4 heterocycles. The topological polar surface area (TPSA) is 80.0 Å². The monoisotopic (exact) mass is 379 g/mol. The quantitative estimate of drug-likeness (QED) is 0.734. The molecule has 28 heavy (non-hydrogen) atoms. The van der Waals surface area contributed by atoms with Gasteiger partial charge in [-0.15, -0.1) is 0 Å². The number of nitrogens with one attached hydrogen (secondary N) is 1. The lowest BCUT2D eigenvalue weighted by Crippen LogP contribution is -2.40. The number of H-pyrrole nitrogens is 1. The molecule has 1 unspecified atom stereocenters. The third-order valence-corrected chi connectivity index (χ3v) is 5.78. The predicted molar refractivity (Wildman–Crippen MR) is 104 cm³/mol. The first kappa shape index (κ1) is 17.3. The highest BCUT2D eigenvalue weighted by Gasteiger charge is 2.30. The largest absolute Gasteiger partial charge is 0.460 e. The van der Waals surface area contributed by atoms with Gasteiger partial charge in [-0.2, -0.15) is 5.10 Å². The van der Waals surface area contributed by atoms with Gasteiger partial charge in [0.2, 0.25) is 0 Å². The first-order chi connectivity index (χ1) is 13.7. The Bertz CT molecular complexity index is 981. The van der Waals surface area contributed by atoms with Crippen LogP contribution in [0.1, 0.15) is 53.7 Å². The Labute approximate surface area is 163 Å². The molecule has 3 aromatic rings. The number of nitrogens with zero attached hydrogens (tertiary/aromatic N) is 4. The van der Waals surface area contributed by atoms with Crippen LogP contribution in [0.3, 0.4) is 0 Å². The van der Waals surface area contributed by atoms with Gasteiger partial charge in [0.1, 0.15) is 17.3 Å². The maximum atomic E-state index is 13.0. The van der Waals surface area contributed by atoms with E-state index in [1.54, 1.807) is 6.07 Å². The molecule has 2 fully saturated rings. The van der Waals surface area contributed by atoms with E-state index in [0.29, 0.717) is 18.0 Å². The summed E-state index contributed by atoms with van der Waals surface area (Å²) in [4.78, 5) is 19.6. The van der Waals surface area contributed by atoms with Crippen LogP contribution in [0, 0.1) is 12.8 Å². The molecule has 0 radical (unpaired) electrons. The van der Waals surface area contributed by atoms with Gasteiger partial charge >= 0.3 is 0 Å². The van der Waals surface area contributed by atoms with Gasteiger partial charge < -0.3 is 13.9 Å². The first-order valence-corrected chi connectivity index (χ1v) is 10.1. The summed E-state index contributed by atoms with van der Waals surface area (Å²) in [7, 11) is 0. The summed E-state index contributed by atoms with van der Waals surface area (Å²) in [5.41, 5.74) is 1.16. The summed E-state index contributed by atoms with van der Waals surface area (Å²) < 4.78 is 7.91. The molecule has 0 spiro atoms. The molecule has 1 aliphatic heterocycles. The molecule has 1 N–H and O–H groups in total. The number of amides is 1. The highest BCUT2D eigenvalue weighted by atomic mass is 16.3. The second-order valence-corrected chi connectivity index (χ2v) is 8.05. The van der Waals surface area contributed by atoms with Crippen LogP contribution in [0.15, 0.2) is 35.0 Å². The number of furan rings is 1. The number of aromatic amines is 1. The second-order valence-electron chi connectivity index (χ2n) is 8.05. The first-order valence-electron chi connectivity index (χ1n) is 10.1. The van der Waals surface area contributed by atoms with Crippen molar-refractivity contribution < 1.29 is 9.21 Å². The van der Waals surface area contributed by atoms with E-state index in [9.17, 15) is 4.79 Å². The van der Waals surface area contributed by atoms with Gasteiger partial charge in [0, 0.05) is 44.0 Å². The predicted octanol–water partition coefficient (Wildman–Crippen LogP) is 3.60. The molecule has 0 aromatic carbocycles. The smallest absolute Gasteiger partial charge is 0.274 e. The molecule has 2 aliphatic rings. The Morgan fingerprint density at radius 2 is 2.21 bits per heavy atom. The number of imidazole rings is 1. The standard InChI is InChI=1S/C21H25N5O2/c1-14-4-7-19(28-14)17-11-18(24-23-17)21(27)26-9-2-3-16(13-26)20-22-8-10-25(20)12-15-5-6-15/h4,7-8,10-11,15-16H,2-3,5-6,9,12-13H2,1H3,(H,23,24). The van der Waals surface area contributed by atoms with Crippen molar-refractivity contribution in [3.63, 3.8) is 0 Å². The summed E-state index contributed by atoms with van der Waals surface area (Å²) in [5, 5.41) is 7.16. The molecule has 1 saturated carbocycles. The molecule has 7 heteroatoms. The van der Waals surface area contributed by atoms with Crippen molar-refractivity contribution in [2.75, 3.05) is 13.1 Å². The Kier molecular flexibility index (Phi) is 4.30. The van der Waals surface area contributed by atoms with Crippen LogP contribution in [-0.2, 0) is 6.54 Å². The van der Waals surface area contributed by atoms with Crippen LogP contribution in [0.2, 0.25) is 0 Å². The number of aromatic nitrogens is 4. The molecule has 3 aromatic heterocycles. The van der Waals surface area contributed by atoms with Crippen molar-refractivity contribution in [2.24, 2.45) is 5.92 Å². The fourth-order valence-electron chi connectivity index (χ4n) is 4.08. The van der Waals surface area contributed by atoms with Gasteiger partial charge in [-0.3, -0.25) is 9.89 Å². The minimum absolute atomic E-state index is 0.0317. The summed E-state index contributed by atoms with van der Waals surface area (Å²) >= 11 is 0. The van der Waals surface area contributed by atoms with Crippen molar-refractivity contribution in [1.82, 2.24) is 24.6 Å². The lowest BCUT2D eigenvalue weighted by Gasteiger charge is -2.32. The van der Waals surface area contributed by atoms with E-state index in [4.69, 9.17) is 4.42 Å². The van der Waals surface area contributed by atoms with Gasteiger partial charge in [0.05, 0.1) is 0 Å². The summed E-state index contributed by atoms with van der Waals surface area (Å²) in [6, 6.07) is 5.56. The molecule has 0 bridgehead atoms. The lowest BCUT2D eigenvalue weighted by atomic mass is 9.96. The molecule has 1 aliphatic carbocycles. The van der Waals surface area contributed by atoms with Gasteiger partial charge in [-0.05, 0) is 50.7 Å².